The molecule has 1 unspecified atom stereocenters. The van der Waals surface area contributed by atoms with Crippen LogP contribution in [0.25, 0.3) is 0 Å². The third-order valence-electron chi connectivity index (χ3n) is 1.48. The van der Waals surface area contributed by atoms with Crippen LogP contribution >= 0.6 is 0 Å². The molecule has 0 saturated carbocycles. The van der Waals surface area contributed by atoms with Crippen LogP contribution in [0.5, 0.6) is 0 Å². The Balaban J connectivity index is 2.41. The Morgan fingerprint density at radius 1 is 1.25 bits per heavy atom. The standard InChI is InChI=1S/C9H11O2S/c10-6-7-12(11)8-9-4-2-1-3-5-9/h1-5H,6-8H2. The van der Waals surface area contributed by atoms with E-state index in [1.54, 1.807) is 0 Å². The maximum atomic E-state index is 11.1. The van der Waals surface area contributed by atoms with Gasteiger partial charge < -0.3 is 4.55 Å². The molecule has 1 rings (SSSR count). The number of benzene rings is 1. The van der Waals surface area contributed by atoms with Crippen LogP contribution in [0.1, 0.15) is 5.56 Å². The molecule has 0 amide bonds. The van der Waals surface area contributed by atoms with Crippen molar-refractivity contribution >= 4 is 11.2 Å². The van der Waals surface area contributed by atoms with Gasteiger partial charge in [-0.05, 0) is 11.2 Å². The van der Waals surface area contributed by atoms with Crippen LogP contribution in [0.2, 0.25) is 0 Å². The molecule has 0 N–H and O–H groups in total. The molecule has 1 radical (unpaired) electrons. The highest BCUT2D eigenvalue weighted by Gasteiger charge is 2.05. The van der Waals surface area contributed by atoms with Crippen LogP contribution in [-0.4, -0.2) is 16.9 Å². The van der Waals surface area contributed by atoms with Crippen LogP contribution in [0.15, 0.2) is 30.3 Å². The highest BCUT2D eigenvalue weighted by atomic mass is 32.2. The van der Waals surface area contributed by atoms with Crippen LogP contribution in [0.3, 0.4) is 0 Å². The summed E-state index contributed by atoms with van der Waals surface area (Å²) in [5.74, 6) is 0.762. The Morgan fingerprint density at radius 2 is 1.92 bits per heavy atom. The predicted molar refractivity (Wildman–Crippen MR) is 48.7 cm³/mol. The van der Waals surface area contributed by atoms with Gasteiger partial charge in [-0.1, -0.05) is 30.3 Å². The summed E-state index contributed by atoms with van der Waals surface area (Å²) in [6, 6.07) is 9.57. The Labute approximate surface area is 75.4 Å². The second kappa shape index (κ2) is 5.19. The molecule has 0 heterocycles. The number of rotatable bonds is 4. The molecule has 0 bridgehead atoms. The Kier molecular flexibility index (Phi) is 4.14. The fourth-order valence-electron chi connectivity index (χ4n) is 0.925. The molecule has 0 saturated heterocycles. The maximum absolute atomic E-state index is 11.1. The molecule has 0 aromatic heterocycles. The van der Waals surface area contributed by atoms with Crippen molar-refractivity contribution in [1.82, 2.24) is 0 Å². The van der Waals surface area contributed by atoms with Gasteiger partial charge in [0.05, 0.1) is 0 Å². The van der Waals surface area contributed by atoms with E-state index in [4.69, 9.17) is 0 Å². The van der Waals surface area contributed by atoms with Crippen molar-refractivity contribution in [1.29, 1.82) is 0 Å². The first-order valence-corrected chi connectivity index (χ1v) is 5.28. The Bertz CT molecular complexity index is 213. The molecule has 0 spiro atoms. The number of hydrogen-bond donors (Lipinski definition) is 0. The average Bonchev–Trinajstić information content (AvgIpc) is 2.06. The quantitative estimate of drug-likeness (QED) is 0.650. The van der Waals surface area contributed by atoms with Gasteiger partial charge in [-0.25, -0.2) is 5.11 Å². The van der Waals surface area contributed by atoms with Gasteiger partial charge in [0.1, 0.15) is 18.1 Å². The monoisotopic (exact) mass is 183 g/mol. The molecule has 0 aliphatic heterocycles. The molecule has 1 aromatic rings. The third-order valence-corrected chi connectivity index (χ3v) is 2.76. The van der Waals surface area contributed by atoms with Gasteiger partial charge >= 0.3 is 0 Å². The summed E-state index contributed by atoms with van der Waals surface area (Å²) in [5, 5.41) is 10.1. The van der Waals surface area contributed by atoms with Crippen molar-refractivity contribution in [2.24, 2.45) is 0 Å². The van der Waals surface area contributed by atoms with Crippen molar-refractivity contribution in [3.05, 3.63) is 35.9 Å². The van der Waals surface area contributed by atoms with Crippen molar-refractivity contribution in [3.8, 4) is 0 Å². The van der Waals surface area contributed by atoms with Crippen molar-refractivity contribution in [2.45, 2.75) is 5.75 Å². The van der Waals surface area contributed by atoms with Crippen LogP contribution in [0.4, 0.5) is 0 Å². The SMILES string of the molecule is [O]CC[S+]([O-])Cc1ccccc1. The minimum absolute atomic E-state index is 0.251. The molecule has 0 aliphatic carbocycles. The van der Waals surface area contributed by atoms with E-state index in [1.807, 2.05) is 30.3 Å². The van der Waals surface area contributed by atoms with Gasteiger partial charge in [0.15, 0.2) is 0 Å². The maximum Gasteiger partial charge on any atom is 0.132 e. The fourth-order valence-corrected chi connectivity index (χ4v) is 1.82. The second-order valence-electron chi connectivity index (χ2n) is 2.48. The van der Waals surface area contributed by atoms with Gasteiger partial charge in [0.2, 0.25) is 0 Å². The largest absolute Gasteiger partial charge is 0.616 e. The van der Waals surface area contributed by atoms with Gasteiger partial charge in [-0.15, -0.1) is 0 Å². The lowest BCUT2D eigenvalue weighted by molar-refractivity contribution is 0.213. The molecule has 1 aromatic carbocycles. The van der Waals surface area contributed by atoms with Gasteiger partial charge in [-0.3, -0.25) is 0 Å². The summed E-state index contributed by atoms with van der Waals surface area (Å²) in [5.41, 5.74) is 1.03. The lowest BCUT2D eigenvalue weighted by atomic mass is 10.2. The summed E-state index contributed by atoms with van der Waals surface area (Å²) < 4.78 is 11.1. The van der Waals surface area contributed by atoms with Gasteiger partial charge in [-0.2, -0.15) is 0 Å². The van der Waals surface area contributed by atoms with E-state index in [9.17, 15) is 9.66 Å². The fraction of sp³-hybridized carbons (Fsp3) is 0.333. The second-order valence-corrected chi connectivity index (χ2v) is 4.05. The third kappa shape index (κ3) is 3.26. The smallest absolute Gasteiger partial charge is 0.132 e. The molecule has 3 heteroatoms. The molecule has 12 heavy (non-hydrogen) atoms. The van der Waals surface area contributed by atoms with Crippen molar-refractivity contribution in [3.63, 3.8) is 0 Å². The normalized spacial score (nSPS) is 12.8. The highest BCUT2D eigenvalue weighted by Crippen LogP contribution is 2.05. The zero-order chi connectivity index (χ0) is 8.81. The van der Waals surface area contributed by atoms with E-state index in [1.165, 1.54) is 0 Å². The molecule has 0 fully saturated rings. The van der Waals surface area contributed by atoms with Crippen LogP contribution in [0, 0.1) is 0 Å². The highest BCUT2D eigenvalue weighted by molar-refractivity contribution is 7.90. The van der Waals surface area contributed by atoms with E-state index in [0.717, 1.165) is 5.56 Å². The van der Waals surface area contributed by atoms with E-state index in [-0.39, 0.29) is 12.4 Å². The lowest BCUT2D eigenvalue weighted by Gasteiger charge is -2.08. The molecule has 2 nitrogen and oxygen atoms in total. The Hall–Kier alpha value is -0.510. The predicted octanol–water partition coefficient (Wildman–Crippen LogP) is 1.37. The summed E-state index contributed by atoms with van der Waals surface area (Å²) in [6.45, 7) is -0.251. The molecule has 65 valence electrons. The first-order valence-electron chi connectivity index (χ1n) is 3.80. The summed E-state index contributed by atoms with van der Waals surface area (Å²) >= 11 is -0.984. The zero-order valence-electron chi connectivity index (χ0n) is 6.73. The molecule has 0 aliphatic rings. The lowest BCUT2D eigenvalue weighted by Crippen LogP contribution is -2.11. The first-order chi connectivity index (χ1) is 5.83. The average molecular weight is 183 g/mol. The topological polar surface area (TPSA) is 43.0 Å². The van der Waals surface area contributed by atoms with Gasteiger partial charge in [0.25, 0.3) is 0 Å². The molecular formula is C9H11O2S. The van der Waals surface area contributed by atoms with Crippen molar-refractivity contribution in [2.75, 3.05) is 12.4 Å². The summed E-state index contributed by atoms with van der Waals surface area (Å²) in [6.07, 6.45) is 0. The van der Waals surface area contributed by atoms with E-state index < -0.39 is 11.2 Å². The zero-order valence-corrected chi connectivity index (χ0v) is 7.55. The van der Waals surface area contributed by atoms with Crippen LogP contribution < -0.4 is 0 Å². The number of hydrogen-bond acceptors (Lipinski definition) is 1. The minimum Gasteiger partial charge on any atom is -0.616 e. The van der Waals surface area contributed by atoms with Crippen molar-refractivity contribution < 1.29 is 9.66 Å². The minimum atomic E-state index is -0.984. The van der Waals surface area contributed by atoms with E-state index in [0.29, 0.717) is 5.75 Å². The van der Waals surface area contributed by atoms with E-state index in [2.05, 4.69) is 0 Å². The van der Waals surface area contributed by atoms with E-state index >= 15 is 0 Å². The van der Waals surface area contributed by atoms with Gasteiger partial charge in [0, 0.05) is 5.56 Å². The molecular weight excluding hydrogens is 172 g/mol. The Morgan fingerprint density at radius 3 is 2.50 bits per heavy atom. The first kappa shape index (κ1) is 9.58. The molecule has 1 atom stereocenters. The summed E-state index contributed by atoms with van der Waals surface area (Å²) in [7, 11) is 0. The van der Waals surface area contributed by atoms with Crippen LogP contribution in [-0.2, 0) is 22.0 Å². The summed E-state index contributed by atoms with van der Waals surface area (Å²) in [4.78, 5) is 0.